The van der Waals surface area contributed by atoms with Crippen molar-refractivity contribution in [2.45, 2.75) is 31.8 Å². The van der Waals surface area contributed by atoms with Gasteiger partial charge in [0.2, 0.25) is 5.78 Å². The lowest BCUT2D eigenvalue weighted by Gasteiger charge is -2.44. The number of carbonyl (C=O) groups is 2. The minimum absolute atomic E-state index is 0.141. The van der Waals surface area contributed by atoms with Crippen molar-refractivity contribution < 1.29 is 9.59 Å². The molecule has 0 saturated carbocycles. The number of thiophene rings is 1. The number of rotatable bonds is 2. The van der Waals surface area contributed by atoms with Gasteiger partial charge in [-0.2, -0.15) is 0 Å². The van der Waals surface area contributed by atoms with Gasteiger partial charge in [0.1, 0.15) is 16.7 Å². The molecular formula is C17H22N3O2S+. The van der Waals surface area contributed by atoms with E-state index in [0.717, 1.165) is 31.1 Å². The molecule has 5 rings (SSSR count). The smallest absolute Gasteiger partial charge is 0.258 e. The maximum Gasteiger partial charge on any atom is 0.258 e. The second kappa shape index (κ2) is 5.26. The highest BCUT2D eigenvalue weighted by molar-refractivity contribution is 7.13. The van der Waals surface area contributed by atoms with Crippen LogP contribution in [0.25, 0.3) is 0 Å². The summed E-state index contributed by atoms with van der Waals surface area (Å²) in [4.78, 5) is 27.6. The van der Waals surface area contributed by atoms with Crippen LogP contribution in [0.1, 0.15) is 35.4 Å². The Bertz CT molecular complexity index is 702. The van der Waals surface area contributed by atoms with Gasteiger partial charge < -0.3 is 5.73 Å². The van der Waals surface area contributed by atoms with E-state index >= 15 is 0 Å². The summed E-state index contributed by atoms with van der Waals surface area (Å²) >= 11 is 1.41. The van der Waals surface area contributed by atoms with Crippen LogP contribution in [0.4, 0.5) is 5.69 Å². The van der Waals surface area contributed by atoms with Gasteiger partial charge in [-0.1, -0.05) is 0 Å². The van der Waals surface area contributed by atoms with Crippen LogP contribution < -0.4 is 10.2 Å². The SMILES string of the molecule is C[N+]1(C2CCC3CCN2CC3)C=C(C(N)=O)C(=O)c2sccc21. The van der Waals surface area contributed by atoms with Gasteiger partial charge in [-0.25, -0.2) is 0 Å². The number of nitrogens with zero attached hydrogens (tertiary/aromatic N) is 2. The summed E-state index contributed by atoms with van der Waals surface area (Å²) in [6.07, 6.45) is 6.92. The van der Waals surface area contributed by atoms with E-state index in [-0.39, 0.29) is 17.5 Å². The fraction of sp³-hybridized carbons (Fsp3) is 0.529. The second-order valence-corrected chi connectivity index (χ2v) is 7.97. The zero-order valence-corrected chi connectivity index (χ0v) is 14.1. The normalized spacial score (nSPS) is 36.3. The number of hydrogen-bond acceptors (Lipinski definition) is 4. The zero-order valence-electron chi connectivity index (χ0n) is 13.3. The standard InChI is InChI=1S/C17H21N3O2S/c1-20(14-3-2-11-4-7-19(14)8-5-11)10-12(17(18)22)15(21)16-13(20)6-9-23-16/h6,9-11,14H,2-5,7-8H2,1H3,(H-,18,22)/p+1. The number of primary amides is 1. The number of quaternary nitrogens is 1. The predicted octanol–water partition coefficient (Wildman–Crippen LogP) is 2.08. The van der Waals surface area contributed by atoms with E-state index in [1.54, 1.807) is 0 Å². The molecule has 5 heterocycles. The molecule has 1 amide bonds. The Morgan fingerprint density at radius 1 is 1.30 bits per heavy atom. The summed E-state index contributed by atoms with van der Waals surface area (Å²) in [7, 11) is 2.12. The molecule has 0 aliphatic carbocycles. The summed E-state index contributed by atoms with van der Waals surface area (Å²) < 4.78 is 0.496. The van der Waals surface area contributed by atoms with Gasteiger partial charge in [-0.15, -0.1) is 11.3 Å². The number of hydrogen-bond donors (Lipinski definition) is 1. The number of Topliss-reactive ketones (excluding diaryl/α,β-unsaturated/α-hetero) is 1. The fourth-order valence-corrected chi connectivity index (χ4v) is 5.44. The molecule has 0 aromatic carbocycles. The maximum absolute atomic E-state index is 12.5. The Morgan fingerprint density at radius 3 is 2.74 bits per heavy atom. The van der Waals surface area contributed by atoms with E-state index in [9.17, 15) is 9.59 Å². The van der Waals surface area contributed by atoms with Gasteiger partial charge in [-0.3, -0.25) is 19.0 Å². The van der Waals surface area contributed by atoms with Crippen molar-refractivity contribution in [1.29, 1.82) is 0 Å². The molecule has 5 nitrogen and oxygen atoms in total. The molecule has 23 heavy (non-hydrogen) atoms. The van der Waals surface area contributed by atoms with Gasteiger partial charge in [0.25, 0.3) is 5.91 Å². The fourth-order valence-electron chi connectivity index (χ4n) is 4.51. The third-order valence-corrected chi connectivity index (χ3v) is 6.70. The molecule has 0 spiro atoms. The minimum atomic E-state index is -0.619. The number of fused-ring (bicyclic) bond motifs is 5. The Hall–Kier alpha value is -1.50. The molecule has 4 aliphatic heterocycles. The summed E-state index contributed by atoms with van der Waals surface area (Å²) in [5.74, 6) is -0.00634. The lowest BCUT2D eigenvalue weighted by molar-refractivity contribution is -0.114. The number of carbonyl (C=O) groups excluding carboxylic acids is 2. The first-order valence-electron chi connectivity index (χ1n) is 8.26. The second-order valence-electron chi connectivity index (χ2n) is 7.06. The zero-order chi connectivity index (χ0) is 16.2. The quantitative estimate of drug-likeness (QED) is 0.666. The molecule has 1 aromatic rings. The van der Waals surface area contributed by atoms with E-state index in [4.69, 9.17) is 5.73 Å². The minimum Gasteiger partial charge on any atom is -0.365 e. The Balaban J connectivity index is 1.84. The van der Waals surface area contributed by atoms with Crippen LogP contribution in [0.5, 0.6) is 0 Å². The summed E-state index contributed by atoms with van der Waals surface area (Å²) in [6, 6.07) is 2.03. The molecule has 2 unspecified atom stereocenters. The third-order valence-electron chi connectivity index (χ3n) is 5.80. The first-order valence-corrected chi connectivity index (χ1v) is 9.14. The number of piperidine rings is 1. The van der Waals surface area contributed by atoms with E-state index in [0.29, 0.717) is 9.36 Å². The van der Waals surface area contributed by atoms with Crippen LogP contribution in [0.2, 0.25) is 0 Å². The predicted molar refractivity (Wildman–Crippen MR) is 91.0 cm³/mol. The molecule has 3 fully saturated rings. The van der Waals surface area contributed by atoms with Crippen molar-refractivity contribution >= 4 is 28.7 Å². The summed E-state index contributed by atoms with van der Waals surface area (Å²) in [6.45, 7) is 2.21. The molecular weight excluding hydrogens is 310 g/mol. The van der Waals surface area contributed by atoms with Crippen LogP contribution in [0, 0.1) is 5.92 Å². The molecule has 3 saturated heterocycles. The van der Waals surface area contributed by atoms with Crippen molar-refractivity contribution in [3.63, 3.8) is 0 Å². The lowest BCUT2D eigenvalue weighted by atomic mass is 9.95. The topological polar surface area (TPSA) is 63.4 Å². The monoisotopic (exact) mass is 332 g/mol. The van der Waals surface area contributed by atoms with Gasteiger partial charge in [0, 0.05) is 25.6 Å². The van der Waals surface area contributed by atoms with E-state index < -0.39 is 5.91 Å². The number of nitrogens with two attached hydrogens (primary N) is 1. The average molecular weight is 332 g/mol. The first kappa shape index (κ1) is 15.1. The van der Waals surface area contributed by atoms with Crippen LogP contribution in [0.15, 0.2) is 23.2 Å². The highest BCUT2D eigenvalue weighted by Gasteiger charge is 2.48. The van der Waals surface area contributed by atoms with Gasteiger partial charge in [-0.05, 0) is 30.6 Å². The molecule has 1 aromatic heterocycles. The maximum atomic E-state index is 12.5. The van der Waals surface area contributed by atoms with Crippen LogP contribution in [0.3, 0.4) is 0 Å². The molecule has 2 N–H and O–H groups in total. The van der Waals surface area contributed by atoms with E-state index in [1.807, 2.05) is 17.6 Å². The largest absolute Gasteiger partial charge is 0.365 e. The number of amides is 1. The highest BCUT2D eigenvalue weighted by Crippen LogP contribution is 2.43. The average Bonchev–Trinajstić information content (AvgIpc) is 2.85. The van der Waals surface area contributed by atoms with Gasteiger partial charge in [0.05, 0.1) is 7.05 Å². The molecule has 2 atom stereocenters. The summed E-state index contributed by atoms with van der Waals surface area (Å²) in [5, 5.41) is 1.94. The molecule has 122 valence electrons. The van der Waals surface area contributed by atoms with E-state index in [2.05, 4.69) is 11.9 Å². The molecule has 6 heteroatoms. The third kappa shape index (κ3) is 2.20. The van der Waals surface area contributed by atoms with Crippen molar-refractivity contribution in [1.82, 2.24) is 9.38 Å². The molecule has 2 bridgehead atoms. The van der Waals surface area contributed by atoms with Gasteiger partial charge >= 0.3 is 0 Å². The Kier molecular flexibility index (Phi) is 3.44. The highest BCUT2D eigenvalue weighted by atomic mass is 32.1. The first-order chi connectivity index (χ1) is 11.0. The number of ketones is 1. The van der Waals surface area contributed by atoms with Crippen LogP contribution >= 0.6 is 11.3 Å². The van der Waals surface area contributed by atoms with Gasteiger partial charge in [0.15, 0.2) is 11.9 Å². The summed E-state index contributed by atoms with van der Waals surface area (Å²) in [5.41, 5.74) is 6.65. The van der Waals surface area contributed by atoms with Crippen LogP contribution in [-0.4, -0.2) is 42.9 Å². The van der Waals surface area contributed by atoms with Crippen molar-refractivity contribution in [2.24, 2.45) is 11.7 Å². The van der Waals surface area contributed by atoms with Crippen molar-refractivity contribution in [3.8, 4) is 0 Å². The Morgan fingerprint density at radius 2 is 2.04 bits per heavy atom. The molecule has 0 radical (unpaired) electrons. The van der Waals surface area contributed by atoms with Crippen molar-refractivity contribution in [3.05, 3.63) is 28.1 Å². The van der Waals surface area contributed by atoms with Crippen molar-refractivity contribution in [2.75, 3.05) is 20.1 Å². The van der Waals surface area contributed by atoms with E-state index in [1.165, 1.54) is 30.6 Å². The lowest BCUT2D eigenvalue weighted by Crippen LogP contribution is -2.59. The molecule has 4 aliphatic rings. The van der Waals surface area contributed by atoms with Crippen LogP contribution in [-0.2, 0) is 4.79 Å². The Labute approximate surface area is 140 Å².